The summed E-state index contributed by atoms with van der Waals surface area (Å²) in [6.07, 6.45) is 0.423. The van der Waals surface area contributed by atoms with E-state index in [-0.39, 0.29) is 18.6 Å². The average molecular weight is 422 g/mol. The van der Waals surface area contributed by atoms with E-state index >= 15 is 0 Å². The zero-order valence-electron chi connectivity index (χ0n) is 11.4. The summed E-state index contributed by atoms with van der Waals surface area (Å²) in [6.45, 7) is 3.43. The molecule has 6 nitrogen and oxygen atoms in total. The zero-order valence-corrected chi connectivity index (χ0v) is 14.6. The maximum atomic E-state index is 12.1. The molecular formula is C13H14Br2N2O4. The Bertz CT molecular complexity index is 579. The molecule has 2 rings (SSSR count). The lowest BCUT2D eigenvalue weighted by Gasteiger charge is -2.41. The number of morpholine rings is 1. The van der Waals surface area contributed by atoms with Crippen LogP contribution in [0.1, 0.15) is 25.6 Å². The van der Waals surface area contributed by atoms with Crippen molar-refractivity contribution < 1.29 is 19.4 Å². The van der Waals surface area contributed by atoms with E-state index < -0.39 is 18.1 Å². The third-order valence-corrected chi connectivity index (χ3v) is 4.25. The smallest absolute Gasteiger partial charge is 0.335 e. The molecule has 0 radical (unpaired) electrons. The van der Waals surface area contributed by atoms with Gasteiger partial charge in [0.25, 0.3) is 0 Å². The summed E-state index contributed by atoms with van der Waals surface area (Å²) in [7, 11) is 0. The zero-order chi connectivity index (χ0) is 15.7. The second kappa shape index (κ2) is 6.41. The van der Waals surface area contributed by atoms with Crippen molar-refractivity contribution in [2.45, 2.75) is 32.0 Å². The van der Waals surface area contributed by atoms with Crippen molar-refractivity contribution in [1.29, 1.82) is 0 Å². The van der Waals surface area contributed by atoms with Gasteiger partial charge in [-0.1, -0.05) is 0 Å². The number of rotatable bonds is 3. The van der Waals surface area contributed by atoms with Gasteiger partial charge < -0.3 is 14.7 Å². The standard InChI is InChI=1S/C13H14Br2N2O4/c1-6(2)17-9(18)5-21-12(13(19)20)11(17)10-8(15)3-7(14)4-16-10/h3-4,6,11-12H,5H2,1-2H3,(H,19,20). The first-order valence-corrected chi connectivity index (χ1v) is 7.88. The highest BCUT2D eigenvalue weighted by Crippen LogP contribution is 2.35. The lowest BCUT2D eigenvalue weighted by Crippen LogP contribution is -2.54. The molecule has 0 aromatic carbocycles. The molecule has 8 heteroatoms. The average Bonchev–Trinajstić information content (AvgIpc) is 2.37. The first-order chi connectivity index (χ1) is 9.82. The minimum atomic E-state index is -1.14. The molecule has 1 aromatic heterocycles. The van der Waals surface area contributed by atoms with E-state index in [4.69, 9.17) is 4.74 Å². The van der Waals surface area contributed by atoms with Crippen LogP contribution in [0.4, 0.5) is 0 Å². The van der Waals surface area contributed by atoms with Crippen LogP contribution in [-0.2, 0) is 14.3 Å². The van der Waals surface area contributed by atoms with Crippen LogP contribution >= 0.6 is 31.9 Å². The van der Waals surface area contributed by atoms with Crippen LogP contribution in [0.5, 0.6) is 0 Å². The van der Waals surface area contributed by atoms with E-state index in [2.05, 4.69) is 36.8 Å². The van der Waals surface area contributed by atoms with Gasteiger partial charge in [0.2, 0.25) is 5.91 Å². The maximum absolute atomic E-state index is 12.1. The van der Waals surface area contributed by atoms with Crippen LogP contribution in [0.3, 0.4) is 0 Å². The molecule has 2 atom stereocenters. The lowest BCUT2D eigenvalue weighted by atomic mass is 10.0. The minimum absolute atomic E-state index is 0.161. The van der Waals surface area contributed by atoms with Crippen LogP contribution < -0.4 is 0 Å². The number of carboxylic acids is 1. The number of carbonyl (C=O) groups excluding carboxylic acids is 1. The van der Waals surface area contributed by atoms with Crippen molar-refractivity contribution in [3.63, 3.8) is 0 Å². The highest BCUT2D eigenvalue weighted by atomic mass is 79.9. The number of carbonyl (C=O) groups is 2. The monoisotopic (exact) mass is 420 g/mol. The molecule has 1 aliphatic rings. The Morgan fingerprint density at radius 3 is 2.71 bits per heavy atom. The summed E-state index contributed by atoms with van der Waals surface area (Å²) in [4.78, 5) is 29.4. The molecule has 21 heavy (non-hydrogen) atoms. The number of hydrogen-bond acceptors (Lipinski definition) is 4. The molecule has 0 aliphatic carbocycles. The second-order valence-corrected chi connectivity index (χ2v) is 6.70. The number of pyridine rings is 1. The Labute approximate surface area is 138 Å². The van der Waals surface area contributed by atoms with Gasteiger partial charge in [-0.05, 0) is 51.8 Å². The van der Waals surface area contributed by atoms with Gasteiger partial charge in [-0.2, -0.15) is 0 Å². The highest BCUT2D eigenvalue weighted by Gasteiger charge is 2.44. The number of halogens is 2. The first-order valence-electron chi connectivity index (χ1n) is 6.29. The van der Waals surface area contributed by atoms with Gasteiger partial charge in [-0.15, -0.1) is 0 Å². The van der Waals surface area contributed by atoms with Crippen molar-refractivity contribution in [2.24, 2.45) is 0 Å². The molecule has 0 saturated carbocycles. The number of carboxylic acid groups (broad SMARTS) is 1. The summed E-state index contributed by atoms with van der Waals surface area (Å²) in [5, 5.41) is 9.39. The SMILES string of the molecule is CC(C)N1C(=O)COC(C(=O)O)C1c1ncc(Br)cc1Br. The lowest BCUT2D eigenvalue weighted by molar-refractivity contribution is -0.175. The number of aromatic nitrogens is 1. The number of hydrogen-bond donors (Lipinski definition) is 1. The van der Waals surface area contributed by atoms with Crippen molar-refractivity contribution in [1.82, 2.24) is 9.88 Å². The van der Waals surface area contributed by atoms with Gasteiger partial charge in [-0.25, -0.2) is 4.79 Å². The van der Waals surface area contributed by atoms with E-state index in [1.165, 1.54) is 4.90 Å². The van der Waals surface area contributed by atoms with Crippen molar-refractivity contribution in [2.75, 3.05) is 6.61 Å². The molecule has 1 fully saturated rings. The van der Waals surface area contributed by atoms with Gasteiger partial charge >= 0.3 is 5.97 Å². The number of nitrogens with zero attached hydrogens (tertiary/aromatic N) is 2. The van der Waals surface area contributed by atoms with Gasteiger partial charge in [-0.3, -0.25) is 9.78 Å². The summed E-state index contributed by atoms with van der Waals surface area (Å²) >= 11 is 6.68. The second-order valence-electron chi connectivity index (χ2n) is 4.93. The van der Waals surface area contributed by atoms with Crippen LogP contribution in [-0.4, -0.2) is 45.6 Å². The van der Waals surface area contributed by atoms with Gasteiger partial charge in [0, 0.05) is 21.2 Å². The summed E-state index contributed by atoms with van der Waals surface area (Å²) in [5.41, 5.74) is 0.465. The predicted octanol–water partition coefficient (Wildman–Crippen LogP) is 2.37. The Hall–Kier alpha value is -0.990. The third-order valence-electron chi connectivity index (χ3n) is 3.18. The maximum Gasteiger partial charge on any atom is 0.335 e. The van der Waals surface area contributed by atoms with Gasteiger partial charge in [0.05, 0.1) is 5.69 Å². The van der Waals surface area contributed by atoms with E-state index in [0.717, 1.165) is 4.47 Å². The molecular weight excluding hydrogens is 408 g/mol. The van der Waals surface area contributed by atoms with Crippen LogP contribution in [0.2, 0.25) is 0 Å². The summed E-state index contributed by atoms with van der Waals surface area (Å²) in [6, 6.07) is 0.829. The van der Waals surface area contributed by atoms with E-state index in [1.807, 2.05) is 13.8 Å². The molecule has 0 bridgehead atoms. The summed E-state index contributed by atoms with van der Waals surface area (Å²) in [5.74, 6) is -1.36. The third kappa shape index (κ3) is 3.27. The molecule has 114 valence electrons. The largest absolute Gasteiger partial charge is 0.479 e. The Morgan fingerprint density at radius 2 is 2.19 bits per heavy atom. The van der Waals surface area contributed by atoms with Crippen molar-refractivity contribution in [3.05, 3.63) is 26.9 Å². The van der Waals surface area contributed by atoms with E-state index in [1.54, 1.807) is 12.3 Å². The molecule has 2 heterocycles. The summed E-state index contributed by atoms with van der Waals surface area (Å²) < 4.78 is 6.60. The van der Waals surface area contributed by atoms with Gasteiger partial charge in [0.1, 0.15) is 12.6 Å². The Morgan fingerprint density at radius 1 is 1.52 bits per heavy atom. The number of amides is 1. The highest BCUT2D eigenvalue weighted by molar-refractivity contribution is 9.11. The number of ether oxygens (including phenoxy) is 1. The van der Waals surface area contributed by atoms with Crippen LogP contribution in [0.15, 0.2) is 21.2 Å². The molecule has 1 amide bonds. The molecule has 1 aliphatic heterocycles. The molecule has 2 unspecified atom stereocenters. The Balaban J connectivity index is 2.54. The number of aliphatic carboxylic acids is 1. The van der Waals surface area contributed by atoms with E-state index in [9.17, 15) is 14.7 Å². The predicted molar refractivity (Wildman–Crippen MR) is 81.7 cm³/mol. The minimum Gasteiger partial charge on any atom is -0.479 e. The quantitative estimate of drug-likeness (QED) is 0.810. The fourth-order valence-corrected chi connectivity index (χ4v) is 3.58. The topological polar surface area (TPSA) is 79.7 Å². The van der Waals surface area contributed by atoms with Crippen LogP contribution in [0.25, 0.3) is 0 Å². The van der Waals surface area contributed by atoms with Crippen molar-refractivity contribution >= 4 is 43.7 Å². The Kier molecular flexibility index (Phi) is 5.00. The normalized spacial score (nSPS) is 22.7. The molecule has 1 N–H and O–H groups in total. The fourth-order valence-electron chi connectivity index (χ4n) is 2.36. The van der Waals surface area contributed by atoms with Crippen molar-refractivity contribution in [3.8, 4) is 0 Å². The first kappa shape index (κ1) is 16.4. The molecule has 0 spiro atoms. The molecule has 1 aromatic rings. The van der Waals surface area contributed by atoms with Crippen LogP contribution in [0, 0.1) is 0 Å². The van der Waals surface area contributed by atoms with E-state index in [0.29, 0.717) is 10.2 Å². The fraction of sp³-hybridized carbons (Fsp3) is 0.462. The molecule has 1 saturated heterocycles. The van der Waals surface area contributed by atoms with Gasteiger partial charge in [0.15, 0.2) is 6.10 Å².